The summed E-state index contributed by atoms with van der Waals surface area (Å²) in [6, 6.07) is 2.37. The predicted octanol–water partition coefficient (Wildman–Crippen LogP) is 5.83. The summed E-state index contributed by atoms with van der Waals surface area (Å²) in [5.41, 5.74) is 0.361. The molecule has 0 spiro atoms. The van der Waals surface area contributed by atoms with E-state index in [1.54, 1.807) is 0 Å². The number of hydrogen-bond acceptors (Lipinski definition) is 0. The molecule has 0 aromatic heterocycles. The van der Waals surface area contributed by atoms with Crippen LogP contribution in [0.5, 0.6) is 0 Å². The van der Waals surface area contributed by atoms with E-state index < -0.39 is 17.0 Å². The van der Waals surface area contributed by atoms with Crippen LogP contribution in [0, 0.1) is 23.0 Å². The Morgan fingerprint density at radius 1 is 1.33 bits per heavy atom. The highest BCUT2D eigenvalue weighted by Gasteiger charge is 2.40. The maximum Gasteiger partial charge on any atom is 0.137 e. The lowest BCUT2D eigenvalue weighted by molar-refractivity contribution is 0.250. The second-order valence-electron chi connectivity index (χ2n) is 5.68. The van der Waals surface area contributed by atoms with Gasteiger partial charge < -0.3 is 0 Å². The van der Waals surface area contributed by atoms with Crippen molar-refractivity contribution in [2.24, 2.45) is 11.3 Å². The van der Waals surface area contributed by atoms with Crippen LogP contribution in [-0.4, -0.2) is 0 Å². The van der Waals surface area contributed by atoms with E-state index in [9.17, 15) is 8.78 Å². The molecule has 0 aliphatic heterocycles. The van der Waals surface area contributed by atoms with Crippen molar-refractivity contribution in [3.8, 4) is 0 Å². The summed E-state index contributed by atoms with van der Waals surface area (Å²) in [4.78, 5) is 0. The summed E-state index contributed by atoms with van der Waals surface area (Å²) in [6.45, 7) is 4.29. The van der Waals surface area contributed by atoms with Crippen molar-refractivity contribution in [1.82, 2.24) is 0 Å². The highest BCUT2D eigenvalue weighted by molar-refractivity contribution is 9.10. The van der Waals surface area contributed by atoms with Gasteiger partial charge in [0.15, 0.2) is 0 Å². The van der Waals surface area contributed by atoms with Crippen LogP contribution in [0.25, 0.3) is 0 Å². The quantitative estimate of drug-likeness (QED) is 0.470. The molecule has 18 heavy (non-hydrogen) atoms. The average molecular weight is 338 g/mol. The van der Waals surface area contributed by atoms with Gasteiger partial charge in [-0.15, -0.1) is 11.6 Å². The SMILES string of the molecule is CC1(C)CCCC1C(Cl)c1cc(F)c(Br)cc1F. The van der Waals surface area contributed by atoms with Crippen molar-refractivity contribution in [2.75, 3.05) is 0 Å². The topological polar surface area (TPSA) is 0 Å². The van der Waals surface area contributed by atoms with E-state index >= 15 is 0 Å². The molecule has 0 radical (unpaired) electrons. The molecule has 2 rings (SSSR count). The number of rotatable bonds is 2. The lowest BCUT2D eigenvalue weighted by Gasteiger charge is -2.31. The first-order chi connectivity index (χ1) is 8.33. The monoisotopic (exact) mass is 336 g/mol. The molecule has 0 bridgehead atoms. The molecular formula is C14H16BrClF2. The van der Waals surface area contributed by atoms with E-state index in [-0.39, 0.29) is 21.4 Å². The van der Waals surface area contributed by atoms with Crippen LogP contribution in [0.15, 0.2) is 16.6 Å². The van der Waals surface area contributed by atoms with Crippen LogP contribution in [0.1, 0.15) is 44.1 Å². The number of hydrogen-bond donors (Lipinski definition) is 0. The third-order valence-corrected chi connectivity index (χ3v) is 5.18. The Balaban J connectivity index is 2.34. The van der Waals surface area contributed by atoms with Gasteiger partial charge in [-0.25, -0.2) is 8.78 Å². The minimum atomic E-state index is -0.468. The van der Waals surface area contributed by atoms with Gasteiger partial charge in [-0.3, -0.25) is 0 Å². The molecule has 1 saturated carbocycles. The van der Waals surface area contributed by atoms with Crippen LogP contribution >= 0.6 is 27.5 Å². The Kier molecular flexibility index (Phi) is 4.03. The molecule has 1 aromatic rings. The van der Waals surface area contributed by atoms with Crippen LogP contribution in [0.4, 0.5) is 8.78 Å². The first-order valence-electron chi connectivity index (χ1n) is 6.11. The maximum atomic E-state index is 13.9. The van der Waals surface area contributed by atoms with E-state index in [0.717, 1.165) is 25.3 Å². The van der Waals surface area contributed by atoms with E-state index in [1.165, 1.54) is 6.07 Å². The summed E-state index contributed by atoms with van der Waals surface area (Å²) in [5.74, 6) is -0.715. The van der Waals surface area contributed by atoms with Crippen molar-refractivity contribution >= 4 is 27.5 Å². The van der Waals surface area contributed by atoms with Crippen LogP contribution in [0.3, 0.4) is 0 Å². The molecule has 1 aliphatic rings. The highest BCUT2D eigenvalue weighted by Crippen LogP contribution is 2.51. The lowest BCUT2D eigenvalue weighted by Crippen LogP contribution is -2.22. The first kappa shape index (κ1) is 14.3. The number of benzene rings is 1. The molecule has 1 fully saturated rings. The molecule has 4 heteroatoms. The van der Waals surface area contributed by atoms with Gasteiger partial charge in [-0.1, -0.05) is 20.3 Å². The maximum absolute atomic E-state index is 13.9. The Bertz CT molecular complexity index is 459. The molecule has 0 amide bonds. The molecule has 0 saturated heterocycles. The van der Waals surface area contributed by atoms with Crippen molar-refractivity contribution in [3.05, 3.63) is 33.8 Å². The molecular weight excluding hydrogens is 322 g/mol. The zero-order valence-electron chi connectivity index (χ0n) is 10.4. The van der Waals surface area contributed by atoms with Gasteiger partial charge in [0.1, 0.15) is 11.6 Å². The van der Waals surface area contributed by atoms with Gasteiger partial charge in [0.05, 0.1) is 9.85 Å². The average Bonchev–Trinajstić information content (AvgIpc) is 2.62. The Hall–Kier alpha value is -0.150. The molecule has 2 atom stereocenters. The molecule has 0 N–H and O–H groups in total. The summed E-state index contributed by atoms with van der Waals surface area (Å²) in [7, 11) is 0. The van der Waals surface area contributed by atoms with Gasteiger partial charge >= 0.3 is 0 Å². The van der Waals surface area contributed by atoms with E-state index in [1.807, 2.05) is 0 Å². The van der Waals surface area contributed by atoms with E-state index in [0.29, 0.717) is 0 Å². The smallest absolute Gasteiger partial charge is 0.137 e. The second kappa shape index (κ2) is 5.09. The van der Waals surface area contributed by atoms with Crippen molar-refractivity contribution < 1.29 is 8.78 Å². The van der Waals surface area contributed by atoms with Crippen LogP contribution in [-0.2, 0) is 0 Å². The third-order valence-electron chi connectivity index (χ3n) is 4.03. The van der Waals surface area contributed by atoms with E-state index in [2.05, 4.69) is 29.8 Å². The number of alkyl halides is 1. The summed E-state index contributed by atoms with van der Waals surface area (Å²) in [5, 5.41) is -0.468. The van der Waals surface area contributed by atoms with Gasteiger partial charge in [-0.2, -0.15) is 0 Å². The van der Waals surface area contributed by atoms with Gasteiger partial charge in [0.25, 0.3) is 0 Å². The van der Waals surface area contributed by atoms with Gasteiger partial charge in [0.2, 0.25) is 0 Å². The fraction of sp³-hybridized carbons (Fsp3) is 0.571. The van der Waals surface area contributed by atoms with Crippen molar-refractivity contribution in [3.63, 3.8) is 0 Å². The molecule has 100 valence electrons. The largest absolute Gasteiger partial charge is 0.207 e. The summed E-state index contributed by atoms with van der Waals surface area (Å²) >= 11 is 9.38. The Morgan fingerprint density at radius 2 is 2.00 bits per heavy atom. The third kappa shape index (κ3) is 2.57. The standard InChI is InChI=1S/C14H16BrClF2/c1-14(2)5-3-4-9(14)13(16)8-6-12(18)10(15)7-11(8)17/h6-7,9,13H,3-5H2,1-2H3. The molecule has 2 unspecified atom stereocenters. The van der Waals surface area contributed by atoms with Crippen molar-refractivity contribution in [2.45, 2.75) is 38.5 Å². The molecule has 1 aliphatic carbocycles. The minimum Gasteiger partial charge on any atom is -0.207 e. The summed E-state index contributed by atoms with van der Waals surface area (Å²) in [6.07, 6.45) is 3.15. The fourth-order valence-electron chi connectivity index (χ4n) is 2.86. The Labute approximate surface area is 120 Å². The minimum absolute atomic E-state index is 0.0857. The lowest BCUT2D eigenvalue weighted by atomic mass is 9.78. The summed E-state index contributed by atoms with van der Waals surface area (Å²) < 4.78 is 27.6. The fourth-order valence-corrected chi connectivity index (χ4v) is 3.81. The molecule has 1 aromatic carbocycles. The first-order valence-corrected chi connectivity index (χ1v) is 7.34. The van der Waals surface area contributed by atoms with E-state index in [4.69, 9.17) is 11.6 Å². The molecule has 0 nitrogen and oxygen atoms in total. The second-order valence-corrected chi connectivity index (χ2v) is 7.00. The zero-order valence-corrected chi connectivity index (χ0v) is 12.8. The highest BCUT2D eigenvalue weighted by atomic mass is 79.9. The van der Waals surface area contributed by atoms with Crippen LogP contribution in [0.2, 0.25) is 0 Å². The predicted molar refractivity (Wildman–Crippen MR) is 73.8 cm³/mol. The molecule has 0 heterocycles. The van der Waals surface area contributed by atoms with Crippen LogP contribution < -0.4 is 0 Å². The zero-order chi connectivity index (χ0) is 13.5. The van der Waals surface area contributed by atoms with Gasteiger partial charge in [-0.05, 0) is 52.2 Å². The van der Waals surface area contributed by atoms with Gasteiger partial charge in [0, 0.05) is 5.56 Å². The number of halogens is 4. The Morgan fingerprint density at radius 3 is 2.56 bits per heavy atom. The van der Waals surface area contributed by atoms with Crippen molar-refractivity contribution in [1.29, 1.82) is 0 Å². The normalized spacial score (nSPS) is 24.2.